The smallest absolute Gasteiger partial charge is 0.428 e. The van der Waals surface area contributed by atoms with Crippen molar-refractivity contribution in [2.75, 3.05) is 7.11 Å². The van der Waals surface area contributed by atoms with Crippen molar-refractivity contribution in [2.24, 2.45) is 10.1 Å². The maximum atomic E-state index is 12.3. The van der Waals surface area contributed by atoms with Crippen molar-refractivity contribution >= 4 is 34.9 Å². The predicted molar refractivity (Wildman–Crippen MR) is 135 cm³/mol. The van der Waals surface area contributed by atoms with Gasteiger partial charge in [-0.25, -0.2) is 10.2 Å². The standard InChI is InChI=1S/C24H35ClN4O3S/c1-9-10-13-29-15-19(23(2,3)4)33-21(29)26-20(27-28-22(30)32-24(5,6)7)17-14-16(25)11-12-18(17)31-8/h11-12,14-15H,9-10,13H2,1-8H3,(H,28,30)/b26-21-,27-20?. The maximum Gasteiger partial charge on any atom is 0.428 e. The fourth-order valence-corrected chi connectivity index (χ4v) is 4.04. The van der Waals surface area contributed by atoms with Gasteiger partial charge in [-0.05, 0) is 50.8 Å². The van der Waals surface area contributed by atoms with Gasteiger partial charge in [0.2, 0.25) is 0 Å². The Morgan fingerprint density at radius 3 is 2.48 bits per heavy atom. The Kier molecular flexibility index (Phi) is 9.14. The van der Waals surface area contributed by atoms with Crippen LogP contribution in [0.25, 0.3) is 0 Å². The number of nitrogens with zero attached hydrogens (tertiary/aromatic N) is 3. The number of aromatic nitrogens is 1. The number of amides is 1. The van der Waals surface area contributed by atoms with Gasteiger partial charge in [-0.3, -0.25) is 0 Å². The summed E-state index contributed by atoms with van der Waals surface area (Å²) in [6.07, 6.45) is 3.57. The third-order valence-corrected chi connectivity index (χ3v) is 6.15. The summed E-state index contributed by atoms with van der Waals surface area (Å²) in [5.41, 5.74) is 2.35. The number of hydrazone groups is 1. The minimum absolute atomic E-state index is 0.0216. The van der Waals surface area contributed by atoms with E-state index in [2.05, 4.69) is 49.0 Å². The topological polar surface area (TPSA) is 77.2 Å². The molecule has 1 aromatic heterocycles. The minimum Gasteiger partial charge on any atom is -0.496 e. The van der Waals surface area contributed by atoms with Crippen molar-refractivity contribution < 1.29 is 14.3 Å². The van der Waals surface area contributed by atoms with E-state index in [4.69, 9.17) is 26.1 Å². The van der Waals surface area contributed by atoms with Gasteiger partial charge >= 0.3 is 6.09 Å². The van der Waals surface area contributed by atoms with E-state index in [0.717, 1.165) is 24.2 Å². The van der Waals surface area contributed by atoms with E-state index in [0.29, 0.717) is 16.3 Å². The monoisotopic (exact) mass is 494 g/mol. The zero-order valence-corrected chi connectivity index (χ0v) is 22.4. The Balaban J connectivity index is 2.65. The molecule has 0 spiro atoms. The third kappa shape index (κ3) is 8.19. The summed E-state index contributed by atoms with van der Waals surface area (Å²) < 4.78 is 13.0. The summed E-state index contributed by atoms with van der Waals surface area (Å²) in [5, 5.41) is 4.80. The number of ether oxygens (including phenoxy) is 2. The first kappa shape index (κ1) is 26.9. The van der Waals surface area contributed by atoms with Crippen LogP contribution in [-0.2, 0) is 16.7 Å². The van der Waals surface area contributed by atoms with Gasteiger partial charge in [0.1, 0.15) is 11.4 Å². The number of hydrogen-bond acceptors (Lipinski definition) is 5. The molecular formula is C24H35ClN4O3S. The molecule has 1 aromatic carbocycles. The van der Waals surface area contributed by atoms with Crippen LogP contribution >= 0.6 is 22.9 Å². The second-order valence-electron chi connectivity index (χ2n) is 9.68. The molecule has 7 nitrogen and oxygen atoms in total. The van der Waals surface area contributed by atoms with Gasteiger partial charge in [-0.1, -0.05) is 45.7 Å². The fourth-order valence-electron chi connectivity index (χ4n) is 2.79. The first-order valence-corrected chi connectivity index (χ1v) is 12.2. The molecule has 0 fully saturated rings. The van der Waals surface area contributed by atoms with Crippen molar-refractivity contribution in [1.29, 1.82) is 0 Å². The molecule has 0 radical (unpaired) electrons. The average Bonchev–Trinajstić information content (AvgIpc) is 3.11. The number of nitrogens with one attached hydrogen (secondary N) is 1. The Morgan fingerprint density at radius 1 is 1.21 bits per heavy atom. The highest BCUT2D eigenvalue weighted by molar-refractivity contribution is 7.09. The lowest BCUT2D eigenvalue weighted by Gasteiger charge is -2.18. The molecule has 0 saturated heterocycles. The molecule has 2 aromatic rings. The number of thiazole rings is 1. The lowest BCUT2D eigenvalue weighted by Crippen LogP contribution is -2.30. The molecule has 0 unspecified atom stereocenters. The van der Waals surface area contributed by atoms with Crippen molar-refractivity contribution in [3.8, 4) is 5.75 Å². The highest BCUT2D eigenvalue weighted by Gasteiger charge is 2.20. The molecule has 182 valence electrons. The largest absolute Gasteiger partial charge is 0.496 e. The highest BCUT2D eigenvalue weighted by Crippen LogP contribution is 2.26. The van der Waals surface area contributed by atoms with Crippen LogP contribution in [0.2, 0.25) is 5.02 Å². The van der Waals surface area contributed by atoms with Gasteiger partial charge < -0.3 is 14.0 Å². The first-order chi connectivity index (χ1) is 15.3. The molecular weight excluding hydrogens is 460 g/mol. The molecule has 2 rings (SSSR count). The minimum atomic E-state index is -0.670. The van der Waals surface area contributed by atoms with E-state index in [1.807, 2.05) is 0 Å². The van der Waals surface area contributed by atoms with Crippen LogP contribution in [0, 0.1) is 0 Å². The number of benzene rings is 1. The first-order valence-electron chi connectivity index (χ1n) is 11.0. The molecule has 1 N–H and O–H groups in total. The molecule has 0 bridgehead atoms. The van der Waals surface area contributed by atoms with Crippen molar-refractivity contribution in [3.05, 3.63) is 44.7 Å². The number of halogens is 1. The normalized spacial score (nSPS) is 13.2. The van der Waals surface area contributed by atoms with Crippen LogP contribution in [0.3, 0.4) is 0 Å². The van der Waals surface area contributed by atoms with E-state index in [1.165, 1.54) is 4.88 Å². The summed E-state index contributed by atoms with van der Waals surface area (Å²) in [6.45, 7) is 14.9. The van der Waals surface area contributed by atoms with Crippen LogP contribution in [0.1, 0.15) is 71.7 Å². The molecule has 9 heteroatoms. The Labute approximate surface area is 205 Å². The third-order valence-electron chi connectivity index (χ3n) is 4.47. The number of carbonyl (C=O) groups excluding carboxylic acids is 1. The number of carbonyl (C=O) groups is 1. The summed E-state index contributed by atoms with van der Waals surface area (Å²) in [7, 11) is 1.57. The Hall–Kier alpha value is -2.32. The predicted octanol–water partition coefficient (Wildman–Crippen LogP) is 6.10. The molecule has 1 heterocycles. The molecule has 0 aliphatic rings. The van der Waals surface area contributed by atoms with Crippen molar-refractivity contribution in [2.45, 2.75) is 78.9 Å². The van der Waals surface area contributed by atoms with Crippen LogP contribution in [-0.4, -0.2) is 29.2 Å². The van der Waals surface area contributed by atoms with Crippen LogP contribution in [0.4, 0.5) is 4.79 Å². The maximum absolute atomic E-state index is 12.3. The molecule has 1 amide bonds. The van der Waals surface area contributed by atoms with Crippen LogP contribution < -0.4 is 15.0 Å². The quantitative estimate of drug-likeness (QED) is 0.299. The second-order valence-corrected chi connectivity index (χ2v) is 11.1. The summed E-state index contributed by atoms with van der Waals surface area (Å²) in [6, 6.07) is 5.19. The van der Waals surface area contributed by atoms with Crippen LogP contribution in [0.5, 0.6) is 5.75 Å². The Morgan fingerprint density at radius 2 is 1.91 bits per heavy atom. The number of unbranched alkanes of at least 4 members (excludes halogenated alkanes) is 1. The molecule has 33 heavy (non-hydrogen) atoms. The fraction of sp³-hybridized carbons (Fsp3) is 0.542. The van der Waals surface area contributed by atoms with Gasteiger partial charge in [0.25, 0.3) is 0 Å². The number of methoxy groups -OCH3 is 1. The van der Waals surface area contributed by atoms with E-state index in [9.17, 15) is 4.79 Å². The zero-order valence-electron chi connectivity index (χ0n) is 20.8. The van der Waals surface area contributed by atoms with Gasteiger partial charge in [0.05, 0.1) is 12.7 Å². The molecule has 0 saturated carbocycles. The molecule has 0 aliphatic carbocycles. The number of aryl methyl sites for hydroxylation is 1. The summed E-state index contributed by atoms with van der Waals surface area (Å²) in [5.74, 6) is 0.813. The van der Waals surface area contributed by atoms with E-state index in [-0.39, 0.29) is 11.3 Å². The number of amidine groups is 1. The molecule has 0 atom stereocenters. The molecule has 0 aliphatic heterocycles. The van der Waals surface area contributed by atoms with E-state index in [1.54, 1.807) is 57.4 Å². The van der Waals surface area contributed by atoms with Gasteiger partial charge in [0, 0.05) is 22.6 Å². The average molecular weight is 495 g/mol. The van der Waals surface area contributed by atoms with Crippen molar-refractivity contribution in [3.63, 3.8) is 0 Å². The summed E-state index contributed by atoms with van der Waals surface area (Å²) >= 11 is 7.87. The van der Waals surface area contributed by atoms with Gasteiger partial charge in [-0.15, -0.1) is 16.4 Å². The Bertz CT molecular complexity index is 1060. The van der Waals surface area contributed by atoms with Gasteiger partial charge in [-0.2, -0.15) is 4.99 Å². The SMILES string of the molecule is CCCCn1cc(C(C)(C)C)s/c1=N\C(=NNC(=O)OC(C)(C)C)c1cc(Cl)ccc1OC. The van der Waals surface area contributed by atoms with E-state index >= 15 is 0 Å². The van der Waals surface area contributed by atoms with Crippen LogP contribution in [0.15, 0.2) is 34.5 Å². The lowest BCUT2D eigenvalue weighted by atomic mass is 9.95. The zero-order chi connectivity index (χ0) is 24.8. The van der Waals surface area contributed by atoms with Crippen molar-refractivity contribution in [1.82, 2.24) is 9.99 Å². The number of hydrogen-bond donors (Lipinski definition) is 1. The second kappa shape index (κ2) is 11.2. The summed E-state index contributed by atoms with van der Waals surface area (Å²) in [4.78, 5) is 19.1. The number of rotatable bonds is 6. The van der Waals surface area contributed by atoms with Gasteiger partial charge in [0.15, 0.2) is 10.6 Å². The highest BCUT2D eigenvalue weighted by atomic mass is 35.5. The lowest BCUT2D eigenvalue weighted by molar-refractivity contribution is 0.0529. The van der Waals surface area contributed by atoms with E-state index < -0.39 is 11.7 Å².